The summed E-state index contributed by atoms with van der Waals surface area (Å²) in [6.45, 7) is 2.34. The van der Waals surface area contributed by atoms with Gasteiger partial charge in [0.15, 0.2) is 0 Å². The van der Waals surface area contributed by atoms with Gasteiger partial charge < -0.3 is 15.2 Å². The molecule has 2 N–H and O–H groups in total. The third-order valence-corrected chi connectivity index (χ3v) is 3.28. The molecule has 1 aromatic carbocycles. The molecule has 2 aromatic rings. The molecule has 1 amide bonds. The minimum atomic E-state index is -0.347. The lowest BCUT2D eigenvalue weighted by molar-refractivity contribution is -0.115. The molecule has 0 fully saturated rings. The molecule has 7 heteroatoms. The second-order valence-electron chi connectivity index (χ2n) is 4.95. The predicted octanol–water partition coefficient (Wildman–Crippen LogP) is 1.22. The first kappa shape index (κ1) is 14.1. The van der Waals surface area contributed by atoms with Crippen LogP contribution in [0.25, 0.3) is 5.69 Å². The average Bonchev–Trinajstić information content (AvgIpc) is 2.87. The summed E-state index contributed by atoms with van der Waals surface area (Å²) in [5.41, 5.74) is 0.491. The van der Waals surface area contributed by atoms with E-state index < -0.39 is 0 Å². The maximum absolute atomic E-state index is 12.7. The number of amides is 1. The third kappa shape index (κ3) is 2.41. The molecule has 22 heavy (non-hydrogen) atoms. The van der Waals surface area contributed by atoms with Crippen molar-refractivity contribution in [3.05, 3.63) is 40.2 Å². The number of ether oxygens (including phenoxy) is 1. The number of hydrogen-bond donors (Lipinski definition) is 2. The largest absolute Gasteiger partial charge is 0.508 e. The SMILES string of the molecule is CCCOc1nc2c(c(=O)n1-c1ccc(O)cc1)CC(=O)N2. The highest BCUT2D eigenvalue weighted by Crippen LogP contribution is 2.23. The number of benzene rings is 1. The van der Waals surface area contributed by atoms with Crippen LogP contribution in [0.4, 0.5) is 5.82 Å². The van der Waals surface area contributed by atoms with E-state index in [4.69, 9.17) is 4.74 Å². The molecule has 1 aromatic heterocycles. The van der Waals surface area contributed by atoms with E-state index in [1.165, 1.54) is 16.7 Å². The predicted molar refractivity (Wildman–Crippen MR) is 79.6 cm³/mol. The van der Waals surface area contributed by atoms with E-state index in [-0.39, 0.29) is 35.5 Å². The van der Waals surface area contributed by atoms with E-state index in [0.717, 1.165) is 6.42 Å². The van der Waals surface area contributed by atoms with Crippen molar-refractivity contribution in [3.8, 4) is 17.4 Å². The number of nitrogens with one attached hydrogen (secondary N) is 1. The van der Waals surface area contributed by atoms with E-state index in [1.807, 2.05) is 6.92 Å². The van der Waals surface area contributed by atoms with Crippen LogP contribution in [0.15, 0.2) is 29.1 Å². The molecule has 2 heterocycles. The number of phenolic OH excluding ortho intramolecular Hbond substituents is 1. The van der Waals surface area contributed by atoms with Gasteiger partial charge in [0.05, 0.1) is 24.3 Å². The quantitative estimate of drug-likeness (QED) is 0.885. The number of nitrogens with zero attached hydrogens (tertiary/aromatic N) is 2. The van der Waals surface area contributed by atoms with Crippen LogP contribution in [-0.4, -0.2) is 27.2 Å². The molecular weight excluding hydrogens is 286 g/mol. The first-order valence-electron chi connectivity index (χ1n) is 6.98. The molecule has 0 atom stereocenters. The normalized spacial score (nSPS) is 12.9. The number of carbonyl (C=O) groups is 1. The van der Waals surface area contributed by atoms with Gasteiger partial charge in [-0.15, -0.1) is 0 Å². The third-order valence-electron chi connectivity index (χ3n) is 3.28. The fourth-order valence-electron chi connectivity index (χ4n) is 2.26. The van der Waals surface area contributed by atoms with Crippen LogP contribution in [0.1, 0.15) is 18.9 Å². The van der Waals surface area contributed by atoms with Gasteiger partial charge in [-0.25, -0.2) is 4.57 Å². The van der Waals surface area contributed by atoms with Gasteiger partial charge in [0.2, 0.25) is 5.91 Å². The summed E-state index contributed by atoms with van der Waals surface area (Å²) < 4.78 is 6.86. The molecule has 0 spiro atoms. The summed E-state index contributed by atoms with van der Waals surface area (Å²) in [4.78, 5) is 28.4. The lowest BCUT2D eigenvalue weighted by Gasteiger charge is -2.14. The van der Waals surface area contributed by atoms with Crippen molar-refractivity contribution in [3.63, 3.8) is 0 Å². The van der Waals surface area contributed by atoms with E-state index in [1.54, 1.807) is 12.1 Å². The second kappa shape index (κ2) is 5.51. The molecule has 0 radical (unpaired) electrons. The van der Waals surface area contributed by atoms with Crippen molar-refractivity contribution in [1.82, 2.24) is 9.55 Å². The Labute approximate surface area is 126 Å². The minimum Gasteiger partial charge on any atom is -0.508 e. The first-order chi connectivity index (χ1) is 10.6. The number of hydrogen-bond acceptors (Lipinski definition) is 5. The van der Waals surface area contributed by atoms with Gasteiger partial charge >= 0.3 is 6.01 Å². The maximum Gasteiger partial charge on any atom is 0.305 e. The number of fused-ring (bicyclic) bond motifs is 1. The van der Waals surface area contributed by atoms with Crippen molar-refractivity contribution in [2.75, 3.05) is 11.9 Å². The van der Waals surface area contributed by atoms with Crippen molar-refractivity contribution in [2.45, 2.75) is 19.8 Å². The second-order valence-corrected chi connectivity index (χ2v) is 4.95. The monoisotopic (exact) mass is 301 g/mol. The fourth-order valence-corrected chi connectivity index (χ4v) is 2.26. The minimum absolute atomic E-state index is 0.00725. The zero-order valence-electron chi connectivity index (χ0n) is 12.0. The number of rotatable bonds is 4. The Morgan fingerprint density at radius 1 is 1.32 bits per heavy atom. The van der Waals surface area contributed by atoms with Crippen molar-refractivity contribution in [2.24, 2.45) is 0 Å². The topological polar surface area (TPSA) is 93.4 Å². The molecule has 0 saturated carbocycles. The van der Waals surface area contributed by atoms with Crippen LogP contribution in [0.2, 0.25) is 0 Å². The van der Waals surface area contributed by atoms with Crippen molar-refractivity contribution in [1.29, 1.82) is 0 Å². The summed E-state index contributed by atoms with van der Waals surface area (Å²) >= 11 is 0. The lowest BCUT2D eigenvalue weighted by Crippen LogP contribution is -2.25. The number of aromatic hydroxyl groups is 1. The summed E-state index contributed by atoms with van der Waals surface area (Å²) in [5.74, 6) is 0.0967. The first-order valence-corrected chi connectivity index (χ1v) is 6.98. The Kier molecular flexibility index (Phi) is 3.54. The number of phenols is 1. The number of aromatic nitrogens is 2. The molecule has 3 rings (SSSR count). The van der Waals surface area contributed by atoms with E-state index in [2.05, 4.69) is 10.3 Å². The van der Waals surface area contributed by atoms with Gasteiger partial charge in [0.1, 0.15) is 11.6 Å². The highest BCUT2D eigenvalue weighted by molar-refractivity contribution is 5.97. The van der Waals surface area contributed by atoms with Crippen LogP contribution in [0.3, 0.4) is 0 Å². The fraction of sp³-hybridized carbons (Fsp3) is 0.267. The molecular formula is C15H15N3O4. The molecule has 0 unspecified atom stereocenters. The van der Waals surface area contributed by atoms with Crippen LogP contribution in [-0.2, 0) is 11.2 Å². The van der Waals surface area contributed by atoms with E-state index >= 15 is 0 Å². The van der Waals surface area contributed by atoms with Gasteiger partial charge in [-0.2, -0.15) is 4.98 Å². The van der Waals surface area contributed by atoms with Crippen molar-refractivity contribution < 1.29 is 14.6 Å². The zero-order chi connectivity index (χ0) is 15.7. The average molecular weight is 301 g/mol. The smallest absolute Gasteiger partial charge is 0.305 e. The summed E-state index contributed by atoms with van der Waals surface area (Å²) in [5, 5.41) is 11.9. The zero-order valence-corrected chi connectivity index (χ0v) is 12.0. The number of carbonyl (C=O) groups excluding carboxylic acids is 1. The molecule has 0 aliphatic carbocycles. The van der Waals surface area contributed by atoms with Gasteiger partial charge in [-0.3, -0.25) is 9.59 Å². The molecule has 0 bridgehead atoms. The summed E-state index contributed by atoms with van der Waals surface area (Å²) in [7, 11) is 0. The van der Waals surface area contributed by atoms with Crippen LogP contribution in [0, 0.1) is 0 Å². The van der Waals surface area contributed by atoms with Gasteiger partial charge in [-0.1, -0.05) is 6.92 Å². The van der Waals surface area contributed by atoms with E-state index in [0.29, 0.717) is 17.9 Å². The molecule has 1 aliphatic heterocycles. The Balaban J connectivity index is 2.18. The molecule has 114 valence electrons. The maximum atomic E-state index is 12.7. The molecule has 7 nitrogen and oxygen atoms in total. The number of anilines is 1. The van der Waals surface area contributed by atoms with Gasteiger partial charge in [0.25, 0.3) is 5.56 Å². The Bertz CT molecular complexity index is 781. The van der Waals surface area contributed by atoms with E-state index in [9.17, 15) is 14.7 Å². The van der Waals surface area contributed by atoms with Crippen molar-refractivity contribution >= 4 is 11.7 Å². The van der Waals surface area contributed by atoms with Gasteiger partial charge in [-0.05, 0) is 30.7 Å². The molecule has 0 saturated heterocycles. The Morgan fingerprint density at radius 2 is 2.05 bits per heavy atom. The summed E-state index contributed by atoms with van der Waals surface area (Å²) in [6.07, 6.45) is 0.766. The highest BCUT2D eigenvalue weighted by Gasteiger charge is 2.26. The van der Waals surface area contributed by atoms with Gasteiger partial charge in [0, 0.05) is 0 Å². The Morgan fingerprint density at radius 3 is 2.73 bits per heavy atom. The molecule has 1 aliphatic rings. The highest BCUT2D eigenvalue weighted by atomic mass is 16.5. The van der Waals surface area contributed by atoms with Crippen LogP contribution >= 0.6 is 0 Å². The lowest BCUT2D eigenvalue weighted by atomic mass is 10.2. The van der Waals surface area contributed by atoms with Crippen LogP contribution in [0.5, 0.6) is 11.8 Å². The summed E-state index contributed by atoms with van der Waals surface area (Å²) in [6, 6.07) is 6.25. The standard InChI is InChI=1S/C15H15N3O4/c1-2-7-22-15-17-13-11(8-12(20)16-13)14(21)18(15)9-3-5-10(19)6-4-9/h3-6,19H,2,7-8H2,1H3,(H,16,20). The van der Waals surface area contributed by atoms with Crippen LogP contribution < -0.4 is 15.6 Å². The Hall–Kier alpha value is -2.83.